The van der Waals surface area contributed by atoms with Crippen LogP contribution in [0.3, 0.4) is 0 Å². The number of sulfonamides is 1. The molecule has 0 radical (unpaired) electrons. The molecule has 0 heterocycles. The summed E-state index contributed by atoms with van der Waals surface area (Å²) < 4.78 is 31.6. The van der Waals surface area contributed by atoms with Crippen LogP contribution >= 0.6 is 0 Å². The smallest absolute Gasteiger partial charge is 0.243 e. The van der Waals surface area contributed by atoms with Crippen molar-refractivity contribution in [2.45, 2.75) is 37.6 Å². The van der Waals surface area contributed by atoms with E-state index < -0.39 is 15.6 Å². The van der Waals surface area contributed by atoms with Crippen LogP contribution in [-0.2, 0) is 10.0 Å². The highest BCUT2D eigenvalue weighted by molar-refractivity contribution is 7.89. The minimum atomic E-state index is -3.52. The first-order valence-electron chi connectivity index (χ1n) is 6.58. The van der Waals surface area contributed by atoms with Crippen molar-refractivity contribution in [3.63, 3.8) is 0 Å². The average Bonchev–Trinajstić information content (AvgIpc) is 2.44. The third kappa shape index (κ3) is 3.71. The Morgan fingerprint density at radius 3 is 2.25 bits per heavy atom. The van der Waals surface area contributed by atoms with Gasteiger partial charge in [0.1, 0.15) is 12.4 Å². The zero-order valence-electron chi connectivity index (χ0n) is 12.5. The van der Waals surface area contributed by atoms with Gasteiger partial charge in [0.25, 0.3) is 0 Å². The normalized spacial score (nSPS) is 12.7. The fourth-order valence-corrected chi connectivity index (χ4v) is 3.15. The molecule has 0 unspecified atom stereocenters. The molecule has 0 fully saturated rings. The van der Waals surface area contributed by atoms with Gasteiger partial charge < -0.3 is 9.84 Å². The summed E-state index contributed by atoms with van der Waals surface area (Å²) in [6.45, 7) is 5.85. The van der Waals surface area contributed by atoms with Crippen molar-refractivity contribution in [2.75, 3.05) is 20.3 Å². The molecule has 0 aromatic heterocycles. The summed E-state index contributed by atoms with van der Waals surface area (Å²) in [5.41, 5.74) is -0.440. The molecule has 5 nitrogen and oxygen atoms in total. The molecule has 1 N–H and O–H groups in total. The van der Waals surface area contributed by atoms with E-state index in [-0.39, 0.29) is 18.1 Å². The maximum Gasteiger partial charge on any atom is 0.243 e. The number of hydrogen-bond donors (Lipinski definition) is 1. The fraction of sp³-hybridized carbons (Fsp3) is 0.571. The molecule has 0 aliphatic heterocycles. The van der Waals surface area contributed by atoms with Gasteiger partial charge in [0.15, 0.2) is 0 Å². The summed E-state index contributed by atoms with van der Waals surface area (Å²) in [4.78, 5) is 0.234. The molecule has 0 aliphatic rings. The minimum absolute atomic E-state index is 0.0759. The molecule has 0 aliphatic carbocycles. The van der Waals surface area contributed by atoms with Crippen LogP contribution in [0.5, 0.6) is 5.75 Å². The second-order valence-electron chi connectivity index (χ2n) is 5.18. The summed E-state index contributed by atoms with van der Waals surface area (Å²) >= 11 is 0. The Bertz CT molecular complexity index is 523. The van der Waals surface area contributed by atoms with E-state index in [0.717, 1.165) is 6.42 Å². The second kappa shape index (κ2) is 6.56. The van der Waals surface area contributed by atoms with E-state index in [4.69, 9.17) is 9.84 Å². The molecule has 0 bridgehead atoms. The fourth-order valence-electron chi connectivity index (χ4n) is 1.58. The van der Waals surface area contributed by atoms with Gasteiger partial charge in [-0.3, -0.25) is 0 Å². The lowest BCUT2D eigenvalue weighted by Crippen LogP contribution is -2.44. The first-order chi connectivity index (χ1) is 9.25. The van der Waals surface area contributed by atoms with E-state index in [9.17, 15) is 8.42 Å². The van der Waals surface area contributed by atoms with Gasteiger partial charge in [-0.1, -0.05) is 6.92 Å². The number of aliphatic hydroxyl groups is 1. The molecule has 114 valence electrons. The average molecular weight is 301 g/mol. The van der Waals surface area contributed by atoms with Gasteiger partial charge in [-0.2, -0.15) is 4.31 Å². The van der Waals surface area contributed by atoms with Crippen LogP contribution in [0.25, 0.3) is 0 Å². The Kier molecular flexibility index (Phi) is 5.56. The zero-order chi connectivity index (χ0) is 15.4. The van der Waals surface area contributed by atoms with Gasteiger partial charge in [0, 0.05) is 12.6 Å². The Hall–Kier alpha value is -1.11. The Labute approximate surface area is 121 Å². The van der Waals surface area contributed by atoms with Gasteiger partial charge in [-0.25, -0.2) is 8.42 Å². The van der Waals surface area contributed by atoms with E-state index in [1.807, 2.05) is 20.8 Å². The summed E-state index contributed by atoms with van der Waals surface area (Å²) in [5.74, 6) is 0.537. The molecule has 20 heavy (non-hydrogen) atoms. The monoisotopic (exact) mass is 301 g/mol. The van der Waals surface area contributed by atoms with E-state index in [2.05, 4.69) is 0 Å². The van der Waals surface area contributed by atoms with Crippen molar-refractivity contribution in [3.05, 3.63) is 24.3 Å². The summed E-state index contributed by atoms with van der Waals surface area (Å²) in [5, 5.41) is 8.67. The number of hydrogen-bond acceptors (Lipinski definition) is 4. The minimum Gasteiger partial charge on any atom is -0.491 e. The molecule has 6 heteroatoms. The Morgan fingerprint density at radius 1 is 1.25 bits per heavy atom. The van der Waals surface area contributed by atoms with Gasteiger partial charge in [-0.15, -0.1) is 0 Å². The number of ether oxygens (including phenoxy) is 1. The van der Waals surface area contributed by atoms with Crippen LogP contribution in [0, 0.1) is 0 Å². The quantitative estimate of drug-likeness (QED) is 0.835. The van der Waals surface area contributed by atoms with Crippen molar-refractivity contribution < 1.29 is 18.3 Å². The zero-order valence-corrected chi connectivity index (χ0v) is 13.3. The number of benzene rings is 1. The predicted octanol–water partition coefficient (Wildman–Crippen LogP) is 1.87. The second-order valence-corrected chi connectivity index (χ2v) is 7.15. The van der Waals surface area contributed by atoms with Crippen LogP contribution in [0.1, 0.15) is 27.2 Å². The number of nitrogens with zero attached hydrogens (tertiary/aromatic N) is 1. The van der Waals surface area contributed by atoms with Crippen LogP contribution in [0.2, 0.25) is 0 Å². The molecule has 0 saturated heterocycles. The first-order valence-corrected chi connectivity index (χ1v) is 8.02. The van der Waals surface area contributed by atoms with Crippen LogP contribution in [0.15, 0.2) is 29.2 Å². The van der Waals surface area contributed by atoms with Crippen LogP contribution in [0.4, 0.5) is 0 Å². The van der Waals surface area contributed by atoms with E-state index in [1.54, 1.807) is 19.2 Å². The van der Waals surface area contributed by atoms with Gasteiger partial charge in [-0.05, 0) is 44.5 Å². The SMILES string of the molecule is CCC(C)(C)N(C)S(=O)(=O)c1ccc(OCCO)cc1. The van der Waals surface area contributed by atoms with Crippen molar-refractivity contribution in [1.82, 2.24) is 4.31 Å². The van der Waals surface area contributed by atoms with E-state index in [0.29, 0.717) is 5.75 Å². The molecule has 1 aromatic rings. The van der Waals surface area contributed by atoms with E-state index >= 15 is 0 Å². The van der Waals surface area contributed by atoms with Crippen LogP contribution in [-0.4, -0.2) is 43.6 Å². The molecule has 1 rings (SSSR count). The highest BCUT2D eigenvalue weighted by Crippen LogP contribution is 2.26. The van der Waals surface area contributed by atoms with Gasteiger partial charge >= 0.3 is 0 Å². The van der Waals surface area contributed by atoms with Crippen molar-refractivity contribution in [3.8, 4) is 5.75 Å². The van der Waals surface area contributed by atoms with E-state index in [1.165, 1.54) is 16.4 Å². The number of rotatable bonds is 7. The summed E-state index contributed by atoms with van der Waals surface area (Å²) in [6, 6.07) is 6.22. The Morgan fingerprint density at radius 2 is 1.80 bits per heavy atom. The molecular weight excluding hydrogens is 278 g/mol. The highest BCUT2D eigenvalue weighted by atomic mass is 32.2. The maximum absolute atomic E-state index is 12.5. The third-order valence-electron chi connectivity index (χ3n) is 3.56. The third-order valence-corrected chi connectivity index (χ3v) is 5.64. The molecule has 0 spiro atoms. The lowest BCUT2D eigenvalue weighted by atomic mass is 10.0. The molecule has 0 atom stereocenters. The highest BCUT2D eigenvalue weighted by Gasteiger charge is 2.32. The number of aliphatic hydroxyl groups excluding tert-OH is 1. The lowest BCUT2D eigenvalue weighted by Gasteiger charge is -2.33. The standard InChI is InChI=1S/C14H23NO4S/c1-5-14(2,3)15(4)20(17,18)13-8-6-12(7-9-13)19-11-10-16/h6-9,16H,5,10-11H2,1-4H3. The van der Waals surface area contributed by atoms with Crippen molar-refractivity contribution >= 4 is 10.0 Å². The molecule has 0 amide bonds. The topological polar surface area (TPSA) is 66.8 Å². The molecule has 1 aromatic carbocycles. The predicted molar refractivity (Wildman–Crippen MR) is 78.3 cm³/mol. The molecular formula is C14H23NO4S. The summed E-state index contributed by atoms with van der Waals surface area (Å²) in [6.07, 6.45) is 0.723. The van der Waals surface area contributed by atoms with Gasteiger partial charge in [0.05, 0.1) is 11.5 Å². The molecule has 0 saturated carbocycles. The summed E-state index contributed by atoms with van der Waals surface area (Å²) in [7, 11) is -1.93. The lowest BCUT2D eigenvalue weighted by molar-refractivity contribution is 0.201. The van der Waals surface area contributed by atoms with Crippen molar-refractivity contribution in [1.29, 1.82) is 0 Å². The Balaban J connectivity index is 2.99. The maximum atomic E-state index is 12.5. The first kappa shape index (κ1) is 16.9. The largest absolute Gasteiger partial charge is 0.491 e. The van der Waals surface area contributed by atoms with Crippen molar-refractivity contribution in [2.24, 2.45) is 0 Å². The van der Waals surface area contributed by atoms with Gasteiger partial charge in [0.2, 0.25) is 10.0 Å². The van der Waals surface area contributed by atoms with Crippen LogP contribution < -0.4 is 4.74 Å².